The third-order valence-corrected chi connectivity index (χ3v) is 4.48. The van der Waals surface area contributed by atoms with Crippen LogP contribution in [0, 0.1) is 0 Å². The van der Waals surface area contributed by atoms with Crippen molar-refractivity contribution < 1.29 is 0 Å². The molecule has 2 nitrogen and oxygen atoms in total. The molecule has 100 valence electrons. The highest BCUT2D eigenvalue weighted by Gasteiger charge is 2.17. The van der Waals surface area contributed by atoms with Crippen LogP contribution >= 0.6 is 0 Å². The van der Waals surface area contributed by atoms with Crippen molar-refractivity contribution in [3.63, 3.8) is 0 Å². The Balaban J connectivity index is 1.90. The molecule has 0 N–H and O–H groups in total. The topological polar surface area (TPSA) is 25.8 Å². The van der Waals surface area contributed by atoms with Crippen LogP contribution in [0.5, 0.6) is 0 Å². The fourth-order valence-corrected chi connectivity index (χ4v) is 3.36. The van der Waals surface area contributed by atoms with Crippen LogP contribution in [0.25, 0.3) is 21.8 Å². The highest BCUT2D eigenvalue weighted by atomic mass is 14.8. The lowest BCUT2D eigenvalue weighted by atomic mass is 9.86. The lowest BCUT2D eigenvalue weighted by Crippen LogP contribution is -2.06. The van der Waals surface area contributed by atoms with Crippen LogP contribution in [-0.4, -0.2) is 9.97 Å². The van der Waals surface area contributed by atoms with E-state index < -0.39 is 0 Å². The van der Waals surface area contributed by atoms with E-state index in [9.17, 15) is 0 Å². The van der Waals surface area contributed by atoms with Gasteiger partial charge in [0.2, 0.25) is 0 Å². The molecule has 2 aromatic heterocycles. The van der Waals surface area contributed by atoms with Crippen molar-refractivity contribution in [3.8, 4) is 0 Å². The number of benzene rings is 1. The number of rotatable bonds is 1. The van der Waals surface area contributed by atoms with Gasteiger partial charge in [0.1, 0.15) is 0 Å². The molecule has 0 aliphatic heterocycles. The average Bonchev–Trinajstić information content (AvgIpc) is 2.55. The van der Waals surface area contributed by atoms with E-state index in [1.807, 2.05) is 12.3 Å². The Morgan fingerprint density at radius 3 is 2.40 bits per heavy atom. The van der Waals surface area contributed by atoms with Crippen molar-refractivity contribution in [1.82, 2.24) is 9.97 Å². The Bertz CT molecular complexity index is 758. The fourth-order valence-electron chi connectivity index (χ4n) is 3.36. The van der Waals surface area contributed by atoms with Gasteiger partial charge in [-0.1, -0.05) is 43.5 Å². The van der Waals surface area contributed by atoms with Gasteiger partial charge < -0.3 is 0 Å². The van der Waals surface area contributed by atoms with Crippen molar-refractivity contribution in [2.75, 3.05) is 0 Å². The monoisotopic (exact) mass is 262 g/mol. The molecule has 0 amide bonds. The van der Waals surface area contributed by atoms with E-state index in [0.717, 1.165) is 11.0 Å². The summed E-state index contributed by atoms with van der Waals surface area (Å²) in [6, 6.07) is 12.8. The molecule has 3 aromatic rings. The van der Waals surface area contributed by atoms with Crippen LogP contribution in [0.3, 0.4) is 0 Å². The molecule has 0 saturated heterocycles. The summed E-state index contributed by atoms with van der Waals surface area (Å²) in [5.41, 5.74) is 3.35. The average molecular weight is 262 g/mol. The largest absolute Gasteiger partial charge is 0.254 e. The molecule has 1 aliphatic rings. The molecular formula is C18H18N2. The number of hydrogen-bond acceptors (Lipinski definition) is 2. The number of fused-ring (bicyclic) bond motifs is 3. The van der Waals surface area contributed by atoms with Gasteiger partial charge in [0, 0.05) is 28.6 Å². The number of pyridine rings is 2. The molecular weight excluding hydrogens is 244 g/mol. The van der Waals surface area contributed by atoms with E-state index in [1.165, 1.54) is 48.6 Å². The lowest BCUT2D eigenvalue weighted by molar-refractivity contribution is 0.437. The minimum atomic E-state index is 0.645. The first-order valence-corrected chi connectivity index (χ1v) is 7.56. The molecule has 0 unspecified atom stereocenters. The normalized spacial score (nSPS) is 16.8. The Hall–Kier alpha value is -1.96. The Kier molecular flexibility index (Phi) is 2.87. The number of aromatic nitrogens is 2. The van der Waals surface area contributed by atoms with Crippen LogP contribution in [0.1, 0.15) is 43.7 Å². The number of hydrogen-bond donors (Lipinski definition) is 0. The highest BCUT2D eigenvalue weighted by Crippen LogP contribution is 2.33. The second-order valence-electron chi connectivity index (χ2n) is 5.78. The molecule has 0 atom stereocenters. The van der Waals surface area contributed by atoms with Crippen LogP contribution in [0.15, 0.2) is 42.6 Å². The molecule has 0 bridgehead atoms. The van der Waals surface area contributed by atoms with Crippen molar-refractivity contribution in [3.05, 3.63) is 48.3 Å². The van der Waals surface area contributed by atoms with Crippen LogP contribution < -0.4 is 0 Å². The summed E-state index contributed by atoms with van der Waals surface area (Å²) >= 11 is 0. The first-order valence-electron chi connectivity index (χ1n) is 7.56. The summed E-state index contributed by atoms with van der Waals surface area (Å²) in [6.45, 7) is 0. The molecule has 0 spiro atoms. The lowest BCUT2D eigenvalue weighted by Gasteiger charge is -2.21. The maximum atomic E-state index is 4.96. The summed E-state index contributed by atoms with van der Waals surface area (Å²) in [6.07, 6.45) is 8.51. The third kappa shape index (κ3) is 1.96. The molecule has 1 aromatic carbocycles. The number of nitrogens with zero attached hydrogens (tertiary/aromatic N) is 2. The highest BCUT2D eigenvalue weighted by molar-refractivity contribution is 6.02. The van der Waals surface area contributed by atoms with E-state index in [2.05, 4.69) is 35.3 Å². The first-order chi connectivity index (χ1) is 9.92. The molecule has 4 rings (SSSR count). The molecule has 1 aliphatic carbocycles. The minimum absolute atomic E-state index is 0.645. The van der Waals surface area contributed by atoms with Crippen LogP contribution in [0.4, 0.5) is 0 Å². The third-order valence-electron chi connectivity index (χ3n) is 4.48. The molecule has 2 heterocycles. The van der Waals surface area contributed by atoms with Gasteiger partial charge in [-0.2, -0.15) is 0 Å². The predicted molar refractivity (Wildman–Crippen MR) is 82.9 cm³/mol. The first kappa shape index (κ1) is 11.8. The summed E-state index contributed by atoms with van der Waals surface area (Å²) < 4.78 is 0. The Labute approximate surface area is 118 Å². The summed E-state index contributed by atoms with van der Waals surface area (Å²) in [7, 11) is 0. The van der Waals surface area contributed by atoms with Crippen molar-refractivity contribution in [2.24, 2.45) is 0 Å². The SMILES string of the molecule is c1cnc2c(c1)ccc1ccc(C3CCCCC3)nc12. The molecule has 1 fully saturated rings. The molecule has 2 heteroatoms. The van der Waals surface area contributed by atoms with Gasteiger partial charge in [-0.15, -0.1) is 0 Å². The van der Waals surface area contributed by atoms with Gasteiger partial charge in [0.05, 0.1) is 11.0 Å². The van der Waals surface area contributed by atoms with Gasteiger partial charge in [-0.25, -0.2) is 0 Å². The minimum Gasteiger partial charge on any atom is -0.254 e. The van der Waals surface area contributed by atoms with Crippen LogP contribution in [-0.2, 0) is 0 Å². The van der Waals surface area contributed by atoms with Gasteiger partial charge >= 0.3 is 0 Å². The second-order valence-corrected chi connectivity index (χ2v) is 5.78. The Morgan fingerprint density at radius 2 is 1.55 bits per heavy atom. The maximum absolute atomic E-state index is 4.96. The van der Waals surface area contributed by atoms with Crippen molar-refractivity contribution in [1.29, 1.82) is 0 Å². The smallest absolute Gasteiger partial charge is 0.0967 e. The van der Waals surface area contributed by atoms with Gasteiger partial charge in [0.25, 0.3) is 0 Å². The summed E-state index contributed by atoms with van der Waals surface area (Å²) in [5, 5.41) is 2.36. The summed E-state index contributed by atoms with van der Waals surface area (Å²) in [4.78, 5) is 9.50. The van der Waals surface area contributed by atoms with E-state index >= 15 is 0 Å². The zero-order valence-corrected chi connectivity index (χ0v) is 11.5. The second kappa shape index (κ2) is 4.86. The molecule has 20 heavy (non-hydrogen) atoms. The zero-order chi connectivity index (χ0) is 13.4. The van der Waals surface area contributed by atoms with Crippen molar-refractivity contribution in [2.45, 2.75) is 38.0 Å². The van der Waals surface area contributed by atoms with Gasteiger partial charge in [0.15, 0.2) is 0 Å². The van der Waals surface area contributed by atoms with Crippen LogP contribution in [0.2, 0.25) is 0 Å². The van der Waals surface area contributed by atoms with E-state index in [4.69, 9.17) is 4.98 Å². The maximum Gasteiger partial charge on any atom is 0.0967 e. The summed E-state index contributed by atoms with van der Waals surface area (Å²) in [5.74, 6) is 0.645. The predicted octanol–water partition coefficient (Wildman–Crippen LogP) is 4.83. The van der Waals surface area contributed by atoms with Gasteiger partial charge in [-0.05, 0) is 25.0 Å². The quantitative estimate of drug-likeness (QED) is 0.587. The fraction of sp³-hybridized carbons (Fsp3) is 0.333. The zero-order valence-electron chi connectivity index (χ0n) is 11.5. The molecule has 0 radical (unpaired) electrons. The Morgan fingerprint density at radius 1 is 0.800 bits per heavy atom. The van der Waals surface area contributed by atoms with E-state index in [0.29, 0.717) is 5.92 Å². The van der Waals surface area contributed by atoms with E-state index in [-0.39, 0.29) is 0 Å². The van der Waals surface area contributed by atoms with Gasteiger partial charge in [-0.3, -0.25) is 9.97 Å². The van der Waals surface area contributed by atoms with E-state index in [1.54, 1.807) is 0 Å². The van der Waals surface area contributed by atoms with Crippen molar-refractivity contribution >= 4 is 21.8 Å². The molecule has 1 saturated carbocycles. The standard InChI is InChI=1S/C18H18N2/c1-2-5-13(6-3-1)16-11-10-15-9-8-14-7-4-12-19-17(14)18(15)20-16/h4,7-13H,1-3,5-6H2.